The number of piperidine rings is 1. The van der Waals surface area contributed by atoms with Crippen LogP contribution < -0.4 is 10.1 Å². The normalized spacial score (nSPS) is 19.2. The van der Waals surface area contributed by atoms with E-state index in [0.29, 0.717) is 19.1 Å². The van der Waals surface area contributed by atoms with Crippen molar-refractivity contribution in [3.63, 3.8) is 0 Å². The van der Waals surface area contributed by atoms with Crippen molar-refractivity contribution in [2.24, 2.45) is 0 Å². The maximum atomic E-state index is 12.7. The van der Waals surface area contributed by atoms with E-state index in [9.17, 15) is 9.59 Å². The lowest BCUT2D eigenvalue weighted by molar-refractivity contribution is -0.139. The summed E-state index contributed by atoms with van der Waals surface area (Å²) >= 11 is 0. The van der Waals surface area contributed by atoms with Gasteiger partial charge in [-0.15, -0.1) is 0 Å². The van der Waals surface area contributed by atoms with E-state index >= 15 is 0 Å². The Kier molecular flexibility index (Phi) is 5.89. The highest BCUT2D eigenvalue weighted by Gasteiger charge is 2.42. The van der Waals surface area contributed by atoms with Crippen molar-refractivity contribution in [3.05, 3.63) is 29.8 Å². The van der Waals surface area contributed by atoms with Crippen LogP contribution in [-0.4, -0.2) is 66.7 Å². The summed E-state index contributed by atoms with van der Waals surface area (Å²) in [5, 5.41) is 2.66. The van der Waals surface area contributed by atoms with E-state index in [2.05, 4.69) is 28.8 Å². The van der Waals surface area contributed by atoms with E-state index < -0.39 is 11.6 Å². The summed E-state index contributed by atoms with van der Waals surface area (Å²) in [6.07, 6.45) is 1.72. The van der Waals surface area contributed by atoms with Crippen LogP contribution >= 0.6 is 0 Å². The number of ether oxygens (including phenoxy) is 2. The fourth-order valence-electron chi connectivity index (χ4n) is 3.79. The molecular formula is C20H29N3O4. The molecule has 3 rings (SSSR count). The van der Waals surface area contributed by atoms with Gasteiger partial charge in [0.15, 0.2) is 0 Å². The number of benzene rings is 1. The highest BCUT2D eigenvalue weighted by Crippen LogP contribution is 2.35. The number of esters is 1. The van der Waals surface area contributed by atoms with Crippen LogP contribution in [0.1, 0.15) is 32.3 Å². The Morgan fingerprint density at radius 2 is 1.96 bits per heavy atom. The zero-order valence-electron chi connectivity index (χ0n) is 16.4. The molecule has 0 bridgehead atoms. The molecule has 1 fully saturated rings. The first-order chi connectivity index (χ1) is 12.9. The van der Waals surface area contributed by atoms with Gasteiger partial charge in [-0.25, -0.2) is 4.79 Å². The molecule has 1 aromatic rings. The molecule has 2 aliphatic rings. The number of amides is 2. The third-order valence-corrected chi connectivity index (χ3v) is 5.48. The summed E-state index contributed by atoms with van der Waals surface area (Å²) in [4.78, 5) is 28.3. The first-order valence-corrected chi connectivity index (χ1v) is 9.53. The predicted octanol–water partition coefficient (Wildman–Crippen LogP) is 2.01. The van der Waals surface area contributed by atoms with Gasteiger partial charge >= 0.3 is 12.0 Å². The van der Waals surface area contributed by atoms with E-state index in [1.54, 1.807) is 4.90 Å². The molecule has 7 nitrogen and oxygen atoms in total. The highest BCUT2D eigenvalue weighted by molar-refractivity contribution is 5.81. The van der Waals surface area contributed by atoms with Gasteiger partial charge in [-0.05, 0) is 19.9 Å². The van der Waals surface area contributed by atoms with Gasteiger partial charge in [-0.2, -0.15) is 0 Å². The molecule has 2 amide bonds. The average Bonchev–Trinajstić information content (AvgIpc) is 2.82. The standard InChI is InChI=1S/C20H29N3O4/c1-15(2)22-10-8-20(9-11-22)14-23(19(25)21-12-18(24)26-3)13-16-6-4-5-7-17(16)27-20/h4-7,15H,8-14H2,1-3H3,(H,21,25). The third kappa shape index (κ3) is 4.53. The van der Waals surface area contributed by atoms with Crippen LogP contribution in [0.15, 0.2) is 24.3 Å². The number of hydrogen-bond donors (Lipinski definition) is 1. The summed E-state index contributed by atoms with van der Waals surface area (Å²) in [6.45, 7) is 7.11. The molecule has 0 atom stereocenters. The number of urea groups is 1. The topological polar surface area (TPSA) is 71.1 Å². The van der Waals surface area contributed by atoms with Gasteiger partial charge in [-0.3, -0.25) is 4.79 Å². The number of methoxy groups -OCH3 is 1. The lowest BCUT2D eigenvalue weighted by atomic mass is 9.90. The second kappa shape index (κ2) is 8.17. The molecule has 148 valence electrons. The van der Waals surface area contributed by atoms with Gasteiger partial charge < -0.3 is 24.6 Å². The highest BCUT2D eigenvalue weighted by atomic mass is 16.5. The second-order valence-electron chi connectivity index (χ2n) is 7.61. The molecule has 1 saturated heterocycles. The number of rotatable bonds is 3. The Balaban J connectivity index is 1.79. The smallest absolute Gasteiger partial charge is 0.325 e. The molecule has 27 heavy (non-hydrogen) atoms. The number of hydrogen-bond acceptors (Lipinski definition) is 5. The minimum Gasteiger partial charge on any atom is -0.485 e. The van der Waals surface area contributed by atoms with Crippen LogP contribution in [0.25, 0.3) is 0 Å². The fraction of sp³-hybridized carbons (Fsp3) is 0.600. The lowest BCUT2D eigenvalue weighted by Crippen LogP contribution is -2.56. The Hall–Kier alpha value is -2.28. The van der Waals surface area contributed by atoms with Crippen LogP contribution in [0.2, 0.25) is 0 Å². The number of para-hydroxylation sites is 1. The minimum atomic E-state index is -0.463. The SMILES string of the molecule is COC(=O)CNC(=O)N1Cc2ccccc2OC2(CCN(C(C)C)CC2)C1. The first-order valence-electron chi connectivity index (χ1n) is 9.53. The van der Waals surface area contributed by atoms with Crippen molar-refractivity contribution in [3.8, 4) is 5.75 Å². The largest absolute Gasteiger partial charge is 0.485 e. The van der Waals surface area contributed by atoms with Crippen molar-refractivity contribution in [1.29, 1.82) is 0 Å². The number of carbonyl (C=O) groups excluding carboxylic acids is 2. The van der Waals surface area contributed by atoms with E-state index in [0.717, 1.165) is 37.2 Å². The minimum absolute atomic E-state index is 0.136. The maximum Gasteiger partial charge on any atom is 0.325 e. The molecular weight excluding hydrogens is 346 g/mol. The van der Waals surface area contributed by atoms with Crippen LogP contribution in [0, 0.1) is 0 Å². The number of likely N-dealkylation sites (tertiary alicyclic amines) is 1. The van der Waals surface area contributed by atoms with Crippen molar-refractivity contribution in [2.45, 2.75) is 44.9 Å². The van der Waals surface area contributed by atoms with Gasteiger partial charge in [0.25, 0.3) is 0 Å². The number of fused-ring (bicyclic) bond motifs is 1. The van der Waals surface area contributed by atoms with E-state index in [1.165, 1.54) is 7.11 Å². The fourth-order valence-corrected chi connectivity index (χ4v) is 3.79. The summed E-state index contributed by atoms with van der Waals surface area (Å²) in [7, 11) is 1.31. The van der Waals surface area contributed by atoms with Crippen LogP contribution in [0.4, 0.5) is 4.79 Å². The van der Waals surface area contributed by atoms with Gasteiger partial charge in [0.1, 0.15) is 17.9 Å². The molecule has 2 heterocycles. The Labute approximate surface area is 160 Å². The van der Waals surface area contributed by atoms with Crippen molar-refractivity contribution in [1.82, 2.24) is 15.1 Å². The van der Waals surface area contributed by atoms with Crippen molar-refractivity contribution in [2.75, 3.05) is 33.3 Å². The summed E-state index contributed by atoms with van der Waals surface area (Å²) in [5.74, 6) is 0.383. The van der Waals surface area contributed by atoms with Gasteiger partial charge in [0, 0.05) is 37.5 Å². The molecule has 1 spiro atoms. The summed E-state index contributed by atoms with van der Waals surface area (Å²) in [5.41, 5.74) is 0.578. The number of nitrogens with zero attached hydrogens (tertiary/aromatic N) is 2. The van der Waals surface area contributed by atoms with Gasteiger partial charge in [0.05, 0.1) is 20.2 Å². The van der Waals surface area contributed by atoms with Crippen LogP contribution in [-0.2, 0) is 16.1 Å². The van der Waals surface area contributed by atoms with Crippen LogP contribution in [0.5, 0.6) is 5.75 Å². The van der Waals surface area contributed by atoms with Crippen LogP contribution in [0.3, 0.4) is 0 Å². The molecule has 1 N–H and O–H groups in total. The Morgan fingerprint density at radius 3 is 2.63 bits per heavy atom. The molecule has 1 aromatic carbocycles. The molecule has 0 unspecified atom stereocenters. The average molecular weight is 375 g/mol. The Bertz CT molecular complexity index is 684. The lowest BCUT2D eigenvalue weighted by Gasteiger charge is -2.43. The molecule has 0 aromatic heterocycles. The molecule has 0 saturated carbocycles. The second-order valence-corrected chi connectivity index (χ2v) is 7.61. The molecule has 0 radical (unpaired) electrons. The van der Waals surface area contributed by atoms with Crippen molar-refractivity contribution < 1.29 is 19.1 Å². The third-order valence-electron chi connectivity index (χ3n) is 5.48. The van der Waals surface area contributed by atoms with Gasteiger partial charge in [-0.1, -0.05) is 18.2 Å². The molecule has 2 aliphatic heterocycles. The van der Waals surface area contributed by atoms with Crippen molar-refractivity contribution >= 4 is 12.0 Å². The van der Waals surface area contributed by atoms with E-state index in [1.807, 2.05) is 24.3 Å². The van der Waals surface area contributed by atoms with E-state index in [-0.39, 0.29) is 12.6 Å². The zero-order chi connectivity index (χ0) is 19.4. The zero-order valence-corrected chi connectivity index (χ0v) is 16.4. The monoisotopic (exact) mass is 375 g/mol. The maximum absolute atomic E-state index is 12.7. The predicted molar refractivity (Wildman–Crippen MR) is 102 cm³/mol. The summed E-state index contributed by atoms with van der Waals surface area (Å²) < 4.78 is 11.1. The molecule has 0 aliphatic carbocycles. The molecule has 7 heteroatoms. The first kappa shape index (κ1) is 19.5. The number of nitrogens with one attached hydrogen (secondary N) is 1. The summed E-state index contributed by atoms with van der Waals surface area (Å²) in [6, 6.07) is 8.10. The quantitative estimate of drug-likeness (QED) is 0.819. The van der Waals surface area contributed by atoms with Gasteiger partial charge in [0.2, 0.25) is 0 Å². The van der Waals surface area contributed by atoms with E-state index in [4.69, 9.17) is 4.74 Å². The number of carbonyl (C=O) groups is 2. The Morgan fingerprint density at radius 1 is 1.26 bits per heavy atom.